The second-order valence-electron chi connectivity index (χ2n) is 10.0. The Bertz CT molecular complexity index is 1760. The highest BCUT2D eigenvalue weighted by Crippen LogP contribution is 2.39. The molecule has 39 heavy (non-hydrogen) atoms. The number of carboxylic acid groups (broad SMARTS) is 1. The van der Waals surface area contributed by atoms with Gasteiger partial charge in [0.1, 0.15) is 12.2 Å². The minimum atomic E-state index is -0.939. The molecule has 1 atom stereocenters. The molecule has 0 spiro atoms. The van der Waals surface area contributed by atoms with E-state index in [0.717, 1.165) is 33.4 Å². The molecule has 196 valence electrons. The van der Waals surface area contributed by atoms with Gasteiger partial charge >= 0.3 is 5.97 Å². The molecule has 3 aromatic carbocycles. The van der Waals surface area contributed by atoms with E-state index in [-0.39, 0.29) is 5.91 Å². The number of carbonyl (C=O) groups is 2. The molecule has 8 nitrogen and oxygen atoms in total. The number of nitrogens with zero attached hydrogens (tertiary/aromatic N) is 4. The molecule has 0 radical (unpaired) electrons. The molecule has 0 fully saturated rings. The van der Waals surface area contributed by atoms with Crippen molar-refractivity contribution in [3.05, 3.63) is 112 Å². The Labute approximate surface area is 229 Å². The predicted octanol–water partition coefficient (Wildman–Crippen LogP) is 5.46. The molecule has 2 aromatic heterocycles. The molecule has 1 aliphatic heterocycles. The van der Waals surface area contributed by atoms with Gasteiger partial charge in [-0.3, -0.25) is 9.36 Å². The van der Waals surface area contributed by atoms with E-state index in [1.807, 2.05) is 68.4 Å². The third kappa shape index (κ3) is 4.17. The second kappa shape index (κ2) is 9.39. The van der Waals surface area contributed by atoms with Crippen LogP contribution in [0.4, 0.5) is 0 Å². The highest BCUT2D eigenvalue weighted by atomic mass is 35.5. The maximum Gasteiger partial charge on any atom is 0.338 e. The summed E-state index contributed by atoms with van der Waals surface area (Å²) < 4.78 is 3.84. The number of fused-ring (bicyclic) bond motifs is 3. The standard InChI is InChI=1S/C30H26ClN5O3/c1-18-8-11-25-23(14-18)27(29(38)39)26-12-13-30(16-35(25)26,20-6-4-3-5-7-20)33-28(37)22-10-9-21(15-24(22)31)36-17-32-34-19(36)2/h3-11,14-15,17H,12-13,16H2,1-2H3,(H,33,37)(H,38,39)/t30-/m1/s1. The number of rotatable bonds is 5. The maximum atomic E-state index is 13.8. The topological polar surface area (TPSA) is 102 Å². The number of carboxylic acids is 1. The van der Waals surface area contributed by atoms with Crippen molar-refractivity contribution in [1.29, 1.82) is 0 Å². The van der Waals surface area contributed by atoms with E-state index >= 15 is 0 Å². The molecule has 6 rings (SSSR count). The first kappa shape index (κ1) is 24.9. The Morgan fingerprint density at radius 3 is 2.54 bits per heavy atom. The van der Waals surface area contributed by atoms with Crippen molar-refractivity contribution >= 4 is 34.4 Å². The highest BCUT2D eigenvalue weighted by molar-refractivity contribution is 6.34. The van der Waals surface area contributed by atoms with Gasteiger partial charge in [-0.15, -0.1) is 10.2 Å². The average molecular weight is 540 g/mol. The van der Waals surface area contributed by atoms with Gasteiger partial charge in [-0.25, -0.2) is 4.79 Å². The van der Waals surface area contributed by atoms with Crippen molar-refractivity contribution in [1.82, 2.24) is 24.6 Å². The number of amides is 1. The fourth-order valence-corrected chi connectivity index (χ4v) is 5.98. The zero-order chi connectivity index (χ0) is 27.3. The monoisotopic (exact) mass is 539 g/mol. The first-order chi connectivity index (χ1) is 18.8. The molecule has 9 heteroatoms. The van der Waals surface area contributed by atoms with Crippen LogP contribution in [0.1, 0.15) is 49.8 Å². The van der Waals surface area contributed by atoms with Crippen LogP contribution in [-0.2, 0) is 18.5 Å². The lowest BCUT2D eigenvalue weighted by molar-refractivity contribution is 0.0693. The summed E-state index contributed by atoms with van der Waals surface area (Å²) in [6.45, 7) is 4.18. The Morgan fingerprint density at radius 1 is 1.05 bits per heavy atom. The number of hydrogen-bond acceptors (Lipinski definition) is 4. The molecule has 3 heterocycles. The lowest BCUT2D eigenvalue weighted by atomic mass is 9.81. The van der Waals surface area contributed by atoms with Crippen LogP contribution >= 0.6 is 11.6 Å². The van der Waals surface area contributed by atoms with Crippen LogP contribution in [0.2, 0.25) is 5.02 Å². The van der Waals surface area contributed by atoms with Crippen LogP contribution < -0.4 is 5.32 Å². The average Bonchev–Trinajstić information content (AvgIpc) is 3.49. The Balaban J connectivity index is 1.42. The summed E-state index contributed by atoms with van der Waals surface area (Å²) >= 11 is 6.63. The van der Waals surface area contributed by atoms with E-state index in [9.17, 15) is 14.7 Å². The van der Waals surface area contributed by atoms with Crippen LogP contribution in [-0.4, -0.2) is 36.3 Å². The minimum Gasteiger partial charge on any atom is -0.478 e. The third-order valence-corrected chi connectivity index (χ3v) is 7.94. The van der Waals surface area contributed by atoms with Gasteiger partial charge in [-0.05, 0) is 62.6 Å². The van der Waals surface area contributed by atoms with Crippen molar-refractivity contribution in [2.75, 3.05) is 0 Å². The smallest absolute Gasteiger partial charge is 0.338 e. The molecule has 1 aliphatic rings. The highest BCUT2D eigenvalue weighted by Gasteiger charge is 2.40. The van der Waals surface area contributed by atoms with E-state index < -0.39 is 11.5 Å². The summed E-state index contributed by atoms with van der Waals surface area (Å²) in [6, 6.07) is 20.9. The van der Waals surface area contributed by atoms with Crippen LogP contribution in [0.5, 0.6) is 0 Å². The van der Waals surface area contributed by atoms with E-state index in [4.69, 9.17) is 11.6 Å². The van der Waals surface area contributed by atoms with Crippen molar-refractivity contribution in [3.8, 4) is 5.69 Å². The van der Waals surface area contributed by atoms with Crippen molar-refractivity contribution < 1.29 is 14.7 Å². The fourth-order valence-electron chi connectivity index (χ4n) is 5.72. The lowest BCUT2D eigenvalue weighted by Crippen LogP contribution is -2.51. The normalized spacial score (nSPS) is 16.7. The number of carbonyl (C=O) groups excluding carboxylic acids is 1. The largest absolute Gasteiger partial charge is 0.478 e. The Hall–Kier alpha value is -4.43. The Kier molecular flexibility index (Phi) is 5.99. The number of aromatic carboxylic acids is 1. The molecule has 0 bridgehead atoms. The predicted molar refractivity (Wildman–Crippen MR) is 149 cm³/mol. The zero-order valence-electron chi connectivity index (χ0n) is 21.5. The summed E-state index contributed by atoms with van der Waals surface area (Å²) in [5, 5.41) is 22.3. The van der Waals surface area contributed by atoms with Crippen molar-refractivity contribution in [2.45, 2.75) is 38.8 Å². The molecule has 0 saturated carbocycles. The lowest BCUT2D eigenvalue weighted by Gasteiger charge is -2.40. The molecule has 2 N–H and O–H groups in total. The van der Waals surface area contributed by atoms with Crippen LogP contribution in [0.3, 0.4) is 0 Å². The van der Waals surface area contributed by atoms with E-state index in [1.54, 1.807) is 23.0 Å². The first-order valence-corrected chi connectivity index (χ1v) is 13.0. The summed E-state index contributed by atoms with van der Waals surface area (Å²) in [4.78, 5) is 26.1. The van der Waals surface area contributed by atoms with Gasteiger partial charge in [-0.1, -0.05) is 53.6 Å². The van der Waals surface area contributed by atoms with E-state index in [0.29, 0.717) is 41.4 Å². The number of aryl methyl sites for hydroxylation is 2. The molecule has 0 aliphatic carbocycles. The summed E-state index contributed by atoms with van der Waals surface area (Å²) in [5.41, 5.74) is 4.23. The number of aromatic nitrogens is 4. The number of halogens is 1. The molecular formula is C30H26ClN5O3. The fraction of sp³-hybridized carbons (Fsp3) is 0.200. The van der Waals surface area contributed by atoms with Gasteiger partial charge in [0.25, 0.3) is 5.91 Å². The van der Waals surface area contributed by atoms with Gasteiger partial charge in [0.15, 0.2) is 0 Å². The van der Waals surface area contributed by atoms with E-state index in [2.05, 4.69) is 20.1 Å². The molecular weight excluding hydrogens is 514 g/mol. The van der Waals surface area contributed by atoms with Gasteiger partial charge in [-0.2, -0.15) is 0 Å². The van der Waals surface area contributed by atoms with Gasteiger partial charge < -0.3 is 15.0 Å². The van der Waals surface area contributed by atoms with Crippen LogP contribution in [0.25, 0.3) is 16.6 Å². The summed E-state index contributed by atoms with van der Waals surface area (Å²) in [7, 11) is 0. The van der Waals surface area contributed by atoms with Crippen molar-refractivity contribution in [3.63, 3.8) is 0 Å². The summed E-state index contributed by atoms with van der Waals surface area (Å²) in [5.74, 6) is -0.532. The Morgan fingerprint density at radius 2 is 1.85 bits per heavy atom. The third-order valence-electron chi connectivity index (χ3n) is 7.63. The summed E-state index contributed by atoms with van der Waals surface area (Å²) in [6.07, 6.45) is 2.62. The van der Waals surface area contributed by atoms with Gasteiger partial charge in [0, 0.05) is 22.3 Å². The molecule has 1 amide bonds. The van der Waals surface area contributed by atoms with Crippen LogP contribution in [0, 0.1) is 13.8 Å². The maximum absolute atomic E-state index is 13.8. The zero-order valence-corrected chi connectivity index (χ0v) is 22.2. The first-order valence-electron chi connectivity index (χ1n) is 12.7. The number of hydrogen-bond donors (Lipinski definition) is 2. The number of nitrogens with one attached hydrogen (secondary N) is 1. The SMILES string of the molecule is Cc1ccc2c(c1)c(C(=O)O)c1n2C[C@@](NC(=O)c2ccc(-n3cnnc3C)cc2Cl)(c2ccccc2)CC1. The molecule has 0 saturated heterocycles. The van der Waals surface area contributed by atoms with Gasteiger partial charge in [0.2, 0.25) is 0 Å². The number of benzene rings is 3. The second-order valence-corrected chi connectivity index (χ2v) is 10.5. The van der Waals surface area contributed by atoms with Crippen LogP contribution in [0.15, 0.2) is 73.1 Å². The quantitative estimate of drug-likeness (QED) is 0.309. The minimum absolute atomic E-state index is 0.301. The van der Waals surface area contributed by atoms with Crippen molar-refractivity contribution in [2.24, 2.45) is 0 Å². The molecule has 5 aromatic rings. The van der Waals surface area contributed by atoms with Gasteiger partial charge in [0.05, 0.1) is 28.2 Å². The van der Waals surface area contributed by atoms with E-state index in [1.165, 1.54) is 0 Å². The molecule has 0 unspecified atom stereocenters.